The predicted octanol–water partition coefficient (Wildman–Crippen LogP) is 2.59. The minimum absolute atomic E-state index is 0.323. The molecule has 0 spiro atoms. The molecule has 2 N–H and O–H groups in total. The molecule has 2 aromatic rings. The Labute approximate surface area is 91.6 Å². The molecule has 1 aromatic heterocycles. The number of nitrogens with two attached hydrogens (primary N) is 1. The third kappa shape index (κ3) is 1.89. The van der Waals surface area contributed by atoms with Gasteiger partial charge in [-0.05, 0) is 18.2 Å². The number of halogens is 1. The molecule has 15 heavy (non-hydrogen) atoms. The number of rotatable bonds is 2. The van der Waals surface area contributed by atoms with Crippen molar-refractivity contribution >= 4 is 17.4 Å². The number of ether oxygens (including phenoxy) is 1. The van der Waals surface area contributed by atoms with Crippen molar-refractivity contribution in [1.82, 2.24) is 5.16 Å². The summed E-state index contributed by atoms with van der Waals surface area (Å²) in [5, 5.41) is 4.15. The molecule has 0 bridgehead atoms. The zero-order valence-electron chi connectivity index (χ0n) is 8.03. The van der Waals surface area contributed by atoms with Crippen LogP contribution in [0, 0.1) is 0 Å². The van der Waals surface area contributed by atoms with E-state index in [1.807, 2.05) is 0 Å². The predicted molar refractivity (Wildman–Crippen MR) is 57.9 cm³/mol. The van der Waals surface area contributed by atoms with Crippen LogP contribution in [0.5, 0.6) is 5.75 Å². The van der Waals surface area contributed by atoms with Gasteiger partial charge in [0.1, 0.15) is 5.75 Å². The van der Waals surface area contributed by atoms with Gasteiger partial charge in [0.25, 0.3) is 0 Å². The monoisotopic (exact) mass is 224 g/mol. The van der Waals surface area contributed by atoms with E-state index in [1.165, 1.54) is 0 Å². The van der Waals surface area contributed by atoms with E-state index in [1.54, 1.807) is 31.4 Å². The Kier molecular flexibility index (Phi) is 2.51. The van der Waals surface area contributed by atoms with Crippen LogP contribution in [-0.2, 0) is 0 Å². The first kappa shape index (κ1) is 9.86. The molecule has 0 atom stereocenters. The summed E-state index contributed by atoms with van der Waals surface area (Å²) >= 11 is 6.01. The SMILES string of the molecule is COc1ccc(Cl)c(-c2cc(N)no2)c1. The maximum absolute atomic E-state index is 6.01. The summed E-state index contributed by atoms with van der Waals surface area (Å²) in [5.41, 5.74) is 6.17. The van der Waals surface area contributed by atoms with Crippen LogP contribution in [0.25, 0.3) is 11.3 Å². The fourth-order valence-electron chi connectivity index (χ4n) is 1.24. The van der Waals surface area contributed by atoms with E-state index in [9.17, 15) is 0 Å². The number of anilines is 1. The molecular weight excluding hydrogens is 216 g/mol. The highest BCUT2D eigenvalue weighted by atomic mass is 35.5. The molecular formula is C10H9ClN2O2. The van der Waals surface area contributed by atoms with Crippen molar-refractivity contribution in [2.45, 2.75) is 0 Å². The molecule has 4 nitrogen and oxygen atoms in total. The van der Waals surface area contributed by atoms with Gasteiger partial charge in [-0.2, -0.15) is 0 Å². The third-order valence-corrected chi connectivity index (χ3v) is 2.30. The quantitative estimate of drug-likeness (QED) is 0.852. The average molecular weight is 225 g/mol. The van der Waals surface area contributed by atoms with Gasteiger partial charge in [-0.25, -0.2) is 0 Å². The zero-order valence-corrected chi connectivity index (χ0v) is 8.78. The van der Waals surface area contributed by atoms with E-state index in [4.69, 9.17) is 26.6 Å². The molecule has 0 amide bonds. The smallest absolute Gasteiger partial charge is 0.170 e. The molecule has 1 heterocycles. The lowest BCUT2D eigenvalue weighted by molar-refractivity contribution is 0.413. The van der Waals surface area contributed by atoms with Crippen molar-refractivity contribution in [1.29, 1.82) is 0 Å². The van der Waals surface area contributed by atoms with Crippen molar-refractivity contribution < 1.29 is 9.26 Å². The van der Waals surface area contributed by atoms with Crippen LogP contribution >= 0.6 is 11.6 Å². The van der Waals surface area contributed by atoms with Crippen LogP contribution in [0.3, 0.4) is 0 Å². The first-order valence-corrected chi connectivity index (χ1v) is 4.64. The van der Waals surface area contributed by atoms with Crippen molar-refractivity contribution in [2.75, 3.05) is 12.8 Å². The number of benzene rings is 1. The van der Waals surface area contributed by atoms with Crippen LogP contribution in [0.1, 0.15) is 0 Å². The number of nitrogen functional groups attached to an aromatic ring is 1. The second kappa shape index (κ2) is 3.82. The summed E-state index contributed by atoms with van der Waals surface area (Å²) in [4.78, 5) is 0. The van der Waals surface area contributed by atoms with E-state index in [2.05, 4.69) is 5.16 Å². The van der Waals surface area contributed by atoms with Crippen molar-refractivity contribution in [3.8, 4) is 17.1 Å². The third-order valence-electron chi connectivity index (χ3n) is 1.97. The Bertz CT molecular complexity index is 482. The standard InChI is InChI=1S/C10H9ClN2O2/c1-14-6-2-3-8(11)7(4-6)9-5-10(12)13-15-9/h2-5H,1H3,(H2,12,13). The second-order valence-electron chi connectivity index (χ2n) is 2.96. The van der Waals surface area contributed by atoms with Gasteiger partial charge < -0.3 is 15.0 Å². The van der Waals surface area contributed by atoms with Crippen molar-refractivity contribution in [3.63, 3.8) is 0 Å². The van der Waals surface area contributed by atoms with Crippen LogP contribution in [0.15, 0.2) is 28.8 Å². The molecule has 0 saturated carbocycles. The maximum Gasteiger partial charge on any atom is 0.170 e. The summed E-state index contributed by atoms with van der Waals surface area (Å²) < 4.78 is 10.1. The summed E-state index contributed by atoms with van der Waals surface area (Å²) in [6, 6.07) is 6.88. The number of hydrogen-bond acceptors (Lipinski definition) is 4. The van der Waals surface area contributed by atoms with Gasteiger partial charge >= 0.3 is 0 Å². The number of hydrogen-bond donors (Lipinski definition) is 1. The molecule has 0 aliphatic carbocycles. The number of methoxy groups -OCH3 is 1. The van der Waals surface area contributed by atoms with Gasteiger partial charge in [0.05, 0.1) is 12.1 Å². The Morgan fingerprint density at radius 2 is 2.20 bits per heavy atom. The van der Waals surface area contributed by atoms with Gasteiger partial charge in [0.15, 0.2) is 11.6 Å². The van der Waals surface area contributed by atoms with Crippen molar-refractivity contribution in [3.05, 3.63) is 29.3 Å². The zero-order chi connectivity index (χ0) is 10.8. The lowest BCUT2D eigenvalue weighted by Crippen LogP contribution is -1.84. The molecule has 0 saturated heterocycles. The number of aromatic nitrogens is 1. The summed E-state index contributed by atoms with van der Waals surface area (Å²) in [6.45, 7) is 0. The average Bonchev–Trinajstić information content (AvgIpc) is 2.65. The molecule has 1 aromatic carbocycles. The molecule has 5 heteroatoms. The van der Waals surface area contributed by atoms with Gasteiger partial charge in [0, 0.05) is 11.6 Å². The molecule has 0 unspecified atom stereocenters. The van der Waals surface area contributed by atoms with E-state index in [-0.39, 0.29) is 0 Å². The molecule has 0 aliphatic rings. The fourth-order valence-corrected chi connectivity index (χ4v) is 1.45. The van der Waals surface area contributed by atoms with Gasteiger partial charge in [-0.3, -0.25) is 0 Å². The van der Waals surface area contributed by atoms with Gasteiger partial charge in [-0.15, -0.1) is 0 Å². The molecule has 0 radical (unpaired) electrons. The summed E-state index contributed by atoms with van der Waals surface area (Å²) in [7, 11) is 1.59. The minimum atomic E-state index is 0.323. The first-order chi connectivity index (χ1) is 7.20. The second-order valence-corrected chi connectivity index (χ2v) is 3.37. The summed E-state index contributed by atoms with van der Waals surface area (Å²) in [6.07, 6.45) is 0. The normalized spacial score (nSPS) is 10.3. The highest BCUT2D eigenvalue weighted by Crippen LogP contribution is 2.32. The lowest BCUT2D eigenvalue weighted by Gasteiger charge is -2.03. The maximum atomic E-state index is 6.01. The van der Waals surface area contributed by atoms with Crippen molar-refractivity contribution in [2.24, 2.45) is 0 Å². The van der Waals surface area contributed by atoms with Gasteiger partial charge in [-0.1, -0.05) is 16.8 Å². The van der Waals surface area contributed by atoms with Crippen LogP contribution in [0.2, 0.25) is 5.02 Å². The van der Waals surface area contributed by atoms with E-state index in [0.29, 0.717) is 27.9 Å². The first-order valence-electron chi connectivity index (χ1n) is 4.27. The largest absolute Gasteiger partial charge is 0.497 e. The Balaban J connectivity index is 2.51. The Morgan fingerprint density at radius 3 is 2.80 bits per heavy atom. The topological polar surface area (TPSA) is 61.3 Å². The molecule has 2 rings (SSSR count). The minimum Gasteiger partial charge on any atom is -0.497 e. The van der Waals surface area contributed by atoms with Crippen LogP contribution in [0.4, 0.5) is 5.82 Å². The fraction of sp³-hybridized carbons (Fsp3) is 0.100. The molecule has 0 fully saturated rings. The Hall–Kier alpha value is -1.68. The van der Waals surface area contributed by atoms with Crippen LogP contribution < -0.4 is 10.5 Å². The van der Waals surface area contributed by atoms with E-state index < -0.39 is 0 Å². The highest BCUT2D eigenvalue weighted by Gasteiger charge is 2.10. The van der Waals surface area contributed by atoms with Crippen LogP contribution in [-0.4, -0.2) is 12.3 Å². The summed E-state index contributed by atoms with van der Waals surface area (Å²) in [5.74, 6) is 1.55. The van der Waals surface area contributed by atoms with Gasteiger partial charge in [0.2, 0.25) is 0 Å². The molecule has 0 aliphatic heterocycles. The molecule has 78 valence electrons. The Morgan fingerprint density at radius 1 is 1.40 bits per heavy atom. The van der Waals surface area contributed by atoms with E-state index in [0.717, 1.165) is 0 Å². The van der Waals surface area contributed by atoms with E-state index >= 15 is 0 Å². The number of nitrogens with zero attached hydrogens (tertiary/aromatic N) is 1. The highest BCUT2D eigenvalue weighted by molar-refractivity contribution is 6.33. The lowest BCUT2D eigenvalue weighted by atomic mass is 10.1.